The van der Waals surface area contributed by atoms with E-state index in [1.54, 1.807) is 30.5 Å². The van der Waals surface area contributed by atoms with E-state index in [4.69, 9.17) is 10.5 Å². The first-order valence-electron chi connectivity index (χ1n) is 6.74. The van der Waals surface area contributed by atoms with Gasteiger partial charge in [0.15, 0.2) is 0 Å². The van der Waals surface area contributed by atoms with Crippen molar-refractivity contribution < 1.29 is 9.66 Å². The molecule has 3 aromatic rings. The highest BCUT2D eigenvalue weighted by molar-refractivity contribution is 5.68. The molecule has 0 fully saturated rings. The van der Waals surface area contributed by atoms with Crippen molar-refractivity contribution in [1.82, 2.24) is 9.97 Å². The first-order chi connectivity index (χ1) is 11.1. The minimum Gasteiger partial charge on any atom is -0.457 e. The number of ether oxygens (including phenoxy) is 1. The number of aromatic nitrogens is 2. The lowest BCUT2D eigenvalue weighted by Crippen LogP contribution is -1.96. The number of rotatable bonds is 4. The molecule has 0 bridgehead atoms. The van der Waals surface area contributed by atoms with Crippen LogP contribution in [0, 0.1) is 10.1 Å². The lowest BCUT2D eigenvalue weighted by molar-refractivity contribution is -0.384. The molecule has 0 saturated heterocycles. The fraction of sp³-hybridized carbons (Fsp3) is 0. The Kier molecular flexibility index (Phi) is 3.84. The molecule has 0 radical (unpaired) electrons. The van der Waals surface area contributed by atoms with Crippen LogP contribution in [0.5, 0.6) is 11.5 Å². The van der Waals surface area contributed by atoms with E-state index in [0.717, 1.165) is 5.56 Å². The average Bonchev–Trinajstić information content (AvgIpc) is 2.56. The lowest BCUT2D eigenvalue weighted by Gasteiger charge is -2.10. The summed E-state index contributed by atoms with van der Waals surface area (Å²) in [5.74, 6) is 1.23. The maximum absolute atomic E-state index is 10.7. The highest BCUT2D eigenvalue weighted by Gasteiger charge is 2.10. The van der Waals surface area contributed by atoms with Gasteiger partial charge in [-0.25, -0.2) is 9.97 Å². The Morgan fingerprint density at radius 3 is 2.48 bits per heavy atom. The number of anilines is 1. The second-order valence-electron chi connectivity index (χ2n) is 4.65. The first kappa shape index (κ1) is 14.5. The van der Waals surface area contributed by atoms with Crippen LogP contribution in [0.25, 0.3) is 11.3 Å². The van der Waals surface area contributed by atoms with Crippen molar-refractivity contribution in [3.63, 3.8) is 0 Å². The second kappa shape index (κ2) is 6.10. The third kappa shape index (κ3) is 3.24. The molecule has 7 heteroatoms. The van der Waals surface area contributed by atoms with Crippen molar-refractivity contribution in [2.75, 3.05) is 5.73 Å². The van der Waals surface area contributed by atoms with Gasteiger partial charge in [-0.15, -0.1) is 0 Å². The van der Waals surface area contributed by atoms with Crippen molar-refractivity contribution in [1.29, 1.82) is 0 Å². The van der Waals surface area contributed by atoms with Crippen LogP contribution in [-0.2, 0) is 0 Å². The number of nitrogens with zero attached hydrogens (tertiary/aromatic N) is 3. The molecule has 0 aliphatic heterocycles. The van der Waals surface area contributed by atoms with Gasteiger partial charge < -0.3 is 10.5 Å². The Morgan fingerprint density at radius 2 is 1.78 bits per heavy atom. The number of hydrogen-bond donors (Lipinski definition) is 1. The number of nitro benzene ring substituents is 1. The van der Waals surface area contributed by atoms with Crippen molar-refractivity contribution in [3.05, 3.63) is 70.9 Å². The van der Waals surface area contributed by atoms with Gasteiger partial charge in [-0.2, -0.15) is 0 Å². The smallest absolute Gasteiger partial charge is 0.269 e. The van der Waals surface area contributed by atoms with Gasteiger partial charge in [0.1, 0.15) is 11.5 Å². The number of non-ortho nitro benzene ring substituents is 1. The number of nitrogens with two attached hydrogens (primary N) is 1. The largest absolute Gasteiger partial charge is 0.457 e. The van der Waals surface area contributed by atoms with Gasteiger partial charge in [-0.1, -0.05) is 12.1 Å². The summed E-state index contributed by atoms with van der Waals surface area (Å²) in [6.45, 7) is 0. The molecule has 0 atom stereocenters. The van der Waals surface area contributed by atoms with E-state index in [0.29, 0.717) is 17.2 Å². The lowest BCUT2D eigenvalue weighted by atomic mass is 10.1. The van der Waals surface area contributed by atoms with Crippen LogP contribution in [0.4, 0.5) is 11.6 Å². The molecule has 23 heavy (non-hydrogen) atoms. The zero-order valence-electron chi connectivity index (χ0n) is 11.9. The van der Waals surface area contributed by atoms with Gasteiger partial charge in [0.25, 0.3) is 5.69 Å². The standard InChI is InChI=1S/C16H12N4O3/c17-16-18-10-9-14(19-16)13-3-1-2-4-15(13)23-12-7-5-11(6-8-12)20(21)22/h1-10H,(H2,17,18,19). The van der Waals surface area contributed by atoms with Crippen LogP contribution in [-0.4, -0.2) is 14.9 Å². The normalized spacial score (nSPS) is 10.3. The molecule has 0 amide bonds. The Bertz CT molecular complexity index is 850. The van der Waals surface area contributed by atoms with Crippen LogP contribution in [0.1, 0.15) is 0 Å². The molecule has 2 N–H and O–H groups in total. The molecule has 2 aromatic carbocycles. The van der Waals surface area contributed by atoms with E-state index < -0.39 is 4.92 Å². The molecule has 0 saturated carbocycles. The maximum atomic E-state index is 10.7. The van der Waals surface area contributed by atoms with Gasteiger partial charge in [0.2, 0.25) is 5.95 Å². The maximum Gasteiger partial charge on any atom is 0.269 e. The van der Waals surface area contributed by atoms with Gasteiger partial charge >= 0.3 is 0 Å². The Balaban J connectivity index is 1.93. The number of para-hydroxylation sites is 1. The van der Waals surface area contributed by atoms with Crippen molar-refractivity contribution in [2.45, 2.75) is 0 Å². The monoisotopic (exact) mass is 308 g/mol. The van der Waals surface area contributed by atoms with Gasteiger partial charge in [0, 0.05) is 23.9 Å². The minimum absolute atomic E-state index is 0.00853. The summed E-state index contributed by atoms with van der Waals surface area (Å²) in [4.78, 5) is 18.3. The summed E-state index contributed by atoms with van der Waals surface area (Å²) in [5, 5.41) is 10.7. The minimum atomic E-state index is -0.457. The van der Waals surface area contributed by atoms with E-state index in [2.05, 4.69) is 9.97 Å². The van der Waals surface area contributed by atoms with Crippen molar-refractivity contribution in [2.24, 2.45) is 0 Å². The topological polar surface area (TPSA) is 104 Å². The van der Waals surface area contributed by atoms with Crippen LogP contribution in [0.15, 0.2) is 60.8 Å². The van der Waals surface area contributed by atoms with E-state index in [-0.39, 0.29) is 11.6 Å². The van der Waals surface area contributed by atoms with Crippen molar-refractivity contribution >= 4 is 11.6 Å². The van der Waals surface area contributed by atoms with Crippen LogP contribution in [0.2, 0.25) is 0 Å². The Morgan fingerprint density at radius 1 is 1.04 bits per heavy atom. The second-order valence-corrected chi connectivity index (χ2v) is 4.65. The molecule has 3 rings (SSSR count). The number of nitro groups is 1. The predicted octanol–water partition coefficient (Wildman–Crippen LogP) is 3.43. The van der Waals surface area contributed by atoms with Crippen LogP contribution < -0.4 is 10.5 Å². The highest BCUT2D eigenvalue weighted by atomic mass is 16.6. The summed E-state index contributed by atoms with van der Waals surface area (Å²) in [5.41, 5.74) is 7.01. The van der Waals surface area contributed by atoms with Crippen LogP contribution >= 0.6 is 0 Å². The average molecular weight is 308 g/mol. The summed E-state index contributed by atoms with van der Waals surface area (Å²) in [7, 11) is 0. The van der Waals surface area contributed by atoms with Gasteiger partial charge in [-0.05, 0) is 30.3 Å². The third-order valence-corrected chi connectivity index (χ3v) is 3.11. The zero-order valence-corrected chi connectivity index (χ0v) is 11.9. The fourth-order valence-electron chi connectivity index (χ4n) is 2.05. The Hall–Kier alpha value is -3.48. The summed E-state index contributed by atoms with van der Waals surface area (Å²) >= 11 is 0. The molecule has 0 aliphatic carbocycles. The molecule has 0 unspecified atom stereocenters. The zero-order chi connectivity index (χ0) is 16.2. The fourth-order valence-corrected chi connectivity index (χ4v) is 2.05. The number of nitrogen functional groups attached to an aromatic ring is 1. The van der Waals surface area contributed by atoms with E-state index >= 15 is 0 Å². The number of benzene rings is 2. The summed E-state index contributed by atoms with van der Waals surface area (Å²) in [6.07, 6.45) is 1.57. The SMILES string of the molecule is Nc1nccc(-c2ccccc2Oc2ccc([N+](=O)[O-])cc2)n1. The number of hydrogen-bond acceptors (Lipinski definition) is 6. The quantitative estimate of drug-likeness (QED) is 0.585. The Labute approximate surface area is 131 Å². The molecular formula is C16H12N4O3. The summed E-state index contributed by atoms with van der Waals surface area (Å²) < 4.78 is 5.81. The van der Waals surface area contributed by atoms with Gasteiger partial charge in [-0.3, -0.25) is 10.1 Å². The van der Waals surface area contributed by atoms with E-state index in [1.165, 1.54) is 12.1 Å². The molecule has 114 valence electrons. The molecule has 0 aliphatic rings. The molecule has 7 nitrogen and oxygen atoms in total. The highest BCUT2D eigenvalue weighted by Crippen LogP contribution is 2.32. The van der Waals surface area contributed by atoms with Crippen molar-refractivity contribution in [3.8, 4) is 22.8 Å². The van der Waals surface area contributed by atoms with E-state index in [1.807, 2.05) is 18.2 Å². The molecular weight excluding hydrogens is 296 g/mol. The molecule has 0 spiro atoms. The van der Waals surface area contributed by atoms with Gasteiger partial charge in [0.05, 0.1) is 10.6 Å². The van der Waals surface area contributed by atoms with Crippen LogP contribution in [0.3, 0.4) is 0 Å². The first-order valence-corrected chi connectivity index (χ1v) is 6.74. The van der Waals surface area contributed by atoms with E-state index in [9.17, 15) is 10.1 Å². The third-order valence-electron chi connectivity index (χ3n) is 3.11. The summed E-state index contributed by atoms with van der Waals surface area (Å²) in [6, 6.07) is 14.9. The molecule has 1 heterocycles. The predicted molar refractivity (Wildman–Crippen MR) is 85.1 cm³/mol. The molecule has 1 aromatic heterocycles.